The molecule has 0 saturated heterocycles. The van der Waals surface area contributed by atoms with Crippen LogP contribution in [0.1, 0.15) is 16.8 Å². The predicted octanol–water partition coefficient (Wildman–Crippen LogP) is 1.48. The van der Waals surface area contributed by atoms with Crippen LogP contribution in [0.4, 0.5) is 4.79 Å². The van der Waals surface area contributed by atoms with Gasteiger partial charge in [0.25, 0.3) is 5.91 Å². The van der Waals surface area contributed by atoms with Gasteiger partial charge in [-0.25, -0.2) is 4.79 Å². The Morgan fingerprint density at radius 2 is 1.91 bits per heavy atom. The number of benzene rings is 1. The van der Waals surface area contributed by atoms with Crippen LogP contribution >= 0.6 is 0 Å². The van der Waals surface area contributed by atoms with E-state index in [4.69, 9.17) is 19.9 Å². The van der Waals surface area contributed by atoms with Gasteiger partial charge in [-0.15, -0.1) is 6.58 Å². The van der Waals surface area contributed by atoms with Gasteiger partial charge in [-0.05, 0) is 30.7 Å². The molecule has 1 rings (SSSR count). The number of rotatable bonds is 10. The van der Waals surface area contributed by atoms with Gasteiger partial charge < -0.3 is 25.3 Å². The minimum Gasteiger partial charge on any atom is -0.432 e. The van der Waals surface area contributed by atoms with Gasteiger partial charge in [-0.3, -0.25) is 4.79 Å². The third-order valence-corrected chi connectivity index (χ3v) is 2.66. The van der Waals surface area contributed by atoms with E-state index in [1.54, 1.807) is 18.2 Å². The van der Waals surface area contributed by atoms with Gasteiger partial charge in [-0.2, -0.15) is 0 Å². The summed E-state index contributed by atoms with van der Waals surface area (Å²) in [6.07, 6.45) is 1.60. The minimum atomic E-state index is -0.829. The smallest absolute Gasteiger partial charge is 0.432 e. The van der Waals surface area contributed by atoms with Crippen molar-refractivity contribution in [1.82, 2.24) is 5.32 Å². The maximum absolute atomic E-state index is 11.8. The third-order valence-electron chi connectivity index (χ3n) is 2.66. The third kappa shape index (κ3) is 7.98. The Morgan fingerprint density at radius 3 is 2.57 bits per heavy atom. The summed E-state index contributed by atoms with van der Waals surface area (Å²) in [6, 6.07) is 6.18. The molecular formula is C16H22N2O5. The maximum atomic E-state index is 11.8. The maximum Gasteiger partial charge on any atom is 0.513 e. The number of nitrogens with two attached hydrogens (primary N) is 1. The van der Waals surface area contributed by atoms with E-state index < -0.39 is 6.16 Å². The lowest BCUT2D eigenvalue weighted by Gasteiger charge is -2.07. The van der Waals surface area contributed by atoms with Crippen LogP contribution in [0.2, 0.25) is 0 Å². The summed E-state index contributed by atoms with van der Waals surface area (Å²) in [4.78, 5) is 23.2. The molecule has 0 spiro atoms. The lowest BCUT2D eigenvalue weighted by molar-refractivity contribution is 0.0544. The Balaban J connectivity index is 2.34. The van der Waals surface area contributed by atoms with Crippen LogP contribution in [0.3, 0.4) is 0 Å². The van der Waals surface area contributed by atoms with Crippen LogP contribution in [0.5, 0.6) is 5.75 Å². The molecule has 7 heteroatoms. The molecule has 1 aromatic rings. The van der Waals surface area contributed by atoms with E-state index in [1.165, 1.54) is 12.1 Å². The number of carbonyl (C=O) groups is 2. The minimum absolute atomic E-state index is 0.0859. The van der Waals surface area contributed by atoms with Crippen molar-refractivity contribution >= 4 is 12.1 Å². The van der Waals surface area contributed by atoms with Gasteiger partial charge in [0.2, 0.25) is 0 Å². The molecule has 3 N–H and O–H groups in total. The van der Waals surface area contributed by atoms with Crippen molar-refractivity contribution in [3.63, 3.8) is 0 Å². The van der Waals surface area contributed by atoms with Crippen LogP contribution < -0.4 is 15.8 Å². The van der Waals surface area contributed by atoms with Gasteiger partial charge in [0.1, 0.15) is 12.4 Å². The normalized spacial score (nSPS) is 9.96. The number of hydrogen-bond donors (Lipinski definition) is 2. The van der Waals surface area contributed by atoms with E-state index in [0.717, 1.165) is 0 Å². The first-order chi connectivity index (χ1) is 11.2. The summed E-state index contributed by atoms with van der Waals surface area (Å²) in [7, 11) is 0. The Hall–Kier alpha value is -2.38. The Kier molecular flexibility index (Phi) is 9.11. The number of amides is 1. The average Bonchev–Trinajstić information content (AvgIpc) is 2.55. The van der Waals surface area contributed by atoms with Crippen LogP contribution in [0, 0.1) is 0 Å². The van der Waals surface area contributed by atoms with Crippen molar-refractivity contribution < 1.29 is 23.8 Å². The summed E-state index contributed by atoms with van der Waals surface area (Å²) in [5.74, 6) is 0.0959. The highest BCUT2D eigenvalue weighted by molar-refractivity contribution is 5.94. The summed E-state index contributed by atoms with van der Waals surface area (Å²) in [5, 5.41) is 2.74. The molecule has 0 bridgehead atoms. The van der Waals surface area contributed by atoms with Crippen molar-refractivity contribution in [3.8, 4) is 5.75 Å². The Labute approximate surface area is 135 Å². The largest absolute Gasteiger partial charge is 0.513 e. The number of ether oxygens (including phenoxy) is 3. The number of hydrogen-bond acceptors (Lipinski definition) is 6. The van der Waals surface area contributed by atoms with E-state index in [9.17, 15) is 9.59 Å². The topological polar surface area (TPSA) is 99.9 Å². The molecule has 0 unspecified atom stereocenters. The molecule has 0 aliphatic rings. The van der Waals surface area contributed by atoms with Gasteiger partial charge >= 0.3 is 6.16 Å². The molecule has 0 heterocycles. The lowest BCUT2D eigenvalue weighted by atomic mass is 10.2. The number of nitrogens with one attached hydrogen (secondary N) is 1. The molecule has 0 atom stereocenters. The van der Waals surface area contributed by atoms with Crippen molar-refractivity contribution in [2.24, 2.45) is 5.73 Å². The Bertz CT molecular complexity index is 502. The summed E-state index contributed by atoms with van der Waals surface area (Å²) in [6.45, 7) is 5.28. The number of carbonyl (C=O) groups excluding carboxylic acids is 2. The van der Waals surface area contributed by atoms with E-state index in [-0.39, 0.29) is 19.1 Å². The quantitative estimate of drug-likeness (QED) is 0.293. The monoisotopic (exact) mass is 322 g/mol. The first-order valence-corrected chi connectivity index (χ1v) is 7.29. The SMILES string of the molecule is C=CCCNC(=O)c1ccc(OC(=O)OCCOCCN)cc1. The Morgan fingerprint density at radius 1 is 1.17 bits per heavy atom. The second-order valence-corrected chi connectivity index (χ2v) is 4.46. The van der Waals surface area contributed by atoms with Gasteiger partial charge in [0, 0.05) is 18.7 Å². The van der Waals surface area contributed by atoms with Gasteiger partial charge in [0.15, 0.2) is 0 Å². The van der Waals surface area contributed by atoms with Gasteiger partial charge in [-0.1, -0.05) is 6.08 Å². The fraction of sp³-hybridized carbons (Fsp3) is 0.375. The zero-order valence-electron chi connectivity index (χ0n) is 13.0. The first-order valence-electron chi connectivity index (χ1n) is 7.29. The molecule has 0 aliphatic heterocycles. The highest BCUT2D eigenvalue weighted by Crippen LogP contribution is 2.13. The van der Waals surface area contributed by atoms with Crippen molar-refractivity contribution in [1.29, 1.82) is 0 Å². The highest BCUT2D eigenvalue weighted by Gasteiger charge is 2.08. The molecule has 7 nitrogen and oxygen atoms in total. The second-order valence-electron chi connectivity index (χ2n) is 4.46. The molecule has 0 fully saturated rings. The van der Waals surface area contributed by atoms with E-state index in [2.05, 4.69) is 11.9 Å². The molecule has 1 aromatic carbocycles. The molecule has 126 valence electrons. The first kappa shape index (κ1) is 18.7. The van der Waals surface area contributed by atoms with E-state index in [1.807, 2.05) is 0 Å². The molecule has 1 amide bonds. The zero-order chi connectivity index (χ0) is 16.9. The lowest BCUT2D eigenvalue weighted by Crippen LogP contribution is -2.24. The van der Waals surface area contributed by atoms with E-state index >= 15 is 0 Å². The molecule has 0 aliphatic carbocycles. The molecular weight excluding hydrogens is 300 g/mol. The summed E-state index contributed by atoms with van der Waals surface area (Å²) in [5.41, 5.74) is 5.73. The molecule has 0 radical (unpaired) electrons. The fourth-order valence-corrected chi connectivity index (χ4v) is 1.56. The molecule has 0 saturated carbocycles. The van der Waals surface area contributed by atoms with Crippen molar-refractivity contribution in [2.45, 2.75) is 6.42 Å². The predicted molar refractivity (Wildman–Crippen MR) is 85.4 cm³/mol. The summed E-state index contributed by atoms with van der Waals surface area (Å²) >= 11 is 0. The summed E-state index contributed by atoms with van der Waals surface area (Å²) < 4.78 is 14.8. The van der Waals surface area contributed by atoms with Crippen molar-refractivity contribution in [2.75, 3.05) is 32.9 Å². The van der Waals surface area contributed by atoms with Crippen molar-refractivity contribution in [3.05, 3.63) is 42.5 Å². The van der Waals surface area contributed by atoms with Crippen LogP contribution in [0.25, 0.3) is 0 Å². The fourth-order valence-electron chi connectivity index (χ4n) is 1.56. The van der Waals surface area contributed by atoms with Crippen LogP contribution in [-0.4, -0.2) is 45.0 Å². The molecule has 23 heavy (non-hydrogen) atoms. The van der Waals surface area contributed by atoms with Gasteiger partial charge in [0.05, 0.1) is 13.2 Å². The second kappa shape index (κ2) is 11.2. The molecule has 0 aromatic heterocycles. The zero-order valence-corrected chi connectivity index (χ0v) is 13.0. The standard InChI is InChI=1S/C16H22N2O5/c1-2-3-9-18-15(19)13-4-6-14(7-5-13)23-16(20)22-12-11-21-10-8-17/h2,4-7H,1,3,8-12,17H2,(H,18,19). The van der Waals surface area contributed by atoms with E-state index in [0.29, 0.717) is 37.4 Å². The highest BCUT2D eigenvalue weighted by atomic mass is 16.7. The average molecular weight is 322 g/mol. The van der Waals surface area contributed by atoms with Crippen LogP contribution in [-0.2, 0) is 9.47 Å². The van der Waals surface area contributed by atoms with Crippen LogP contribution in [0.15, 0.2) is 36.9 Å².